The van der Waals surface area contributed by atoms with E-state index in [4.69, 9.17) is 12.2 Å². The lowest BCUT2D eigenvalue weighted by Gasteiger charge is -2.14. The summed E-state index contributed by atoms with van der Waals surface area (Å²) in [5.41, 5.74) is 1.49. The average Bonchev–Trinajstić information content (AvgIpc) is 2.45. The van der Waals surface area contributed by atoms with Crippen molar-refractivity contribution in [1.29, 1.82) is 0 Å². The zero-order valence-corrected chi connectivity index (χ0v) is 13.8. The summed E-state index contributed by atoms with van der Waals surface area (Å²) < 4.78 is 14.9. The summed E-state index contributed by atoms with van der Waals surface area (Å²) in [6.07, 6.45) is -1.15. The molecule has 0 amide bonds. The Morgan fingerprint density at radius 2 is 2.05 bits per heavy atom. The predicted molar refractivity (Wildman–Crippen MR) is 91.2 cm³/mol. The van der Waals surface area contributed by atoms with Crippen LogP contribution in [-0.4, -0.2) is 16.6 Å². The standard InChI is InChI=1S/C15H15BrFN3S/c1-10-5-4-8-14(19-10)20-15(21)18-9-13(17)11-6-2-3-7-12(11)16/h2-8,13H,9H2,1H3,(H2,18,19,20,21). The molecule has 3 nitrogen and oxygen atoms in total. The number of pyridine rings is 1. The van der Waals surface area contributed by atoms with E-state index in [9.17, 15) is 4.39 Å². The first-order valence-corrected chi connectivity index (χ1v) is 7.63. The van der Waals surface area contributed by atoms with Gasteiger partial charge in [-0.15, -0.1) is 0 Å². The molecule has 0 saturated carbocycles. The molecule has 0 saturated heterocycles. The SMILES string of the molecule is Cc1cccc(NC(=S)NCC(F)c2ccccc2Br)n1. The Morgan fingerprint density at radius 3 is 2.76 bits per heavy atom. The monoisotopic (exact) mass is 367 g/mol. The Kier molecular flexibility index (Phi) is 5.64. The van der Waals surface area contributed by atoms with Crippen LogP contribution < -0.4 is 10.6 Å². The summed E-state index contributed by atoms with van der Waals surface area (Å²) in [5, 5.41) is 6.15. The highest BCUT2D eigenvalue weighted by Crippen LogP contribution is 2.25. The lowest BCUT2D eigenvalue weighted by molar-refractivity contribution is 0.342. The number of aryl methyl sites for hydroxylation is 1. The zero-order chi connectivity index (χ0) is 15.2. The first kappa shape index (κ1) is 15.9. The number of anilines is 1. The van der Waals surface area contributed by atoms with Crippen molar-refractivity contribution >= 4 is 39.1 Å². The highest BCUT2D eigenvalue weighted by Gasteiger charge is 2.13. The van der Waals surface area contributed by atoms with Gasteiger partial charge in [0.1, 0.15) is 12.0 Å². The molecule has 0 spiro atoms. The number of hydrogen-bond donors (Lipinski definition) is 2. The zero-order valence-electron chi connectivity index (χ0n) is 11.4. The lowest BCUT2D eigenvalue weighted by Crippen LogP contribution is -2.31. The molecule has 0 radical (unpaired) electrons. The van der Waals surface area contributed by atoms with Gasteiger partial charge in [-0.2, -0.15) is 0 Å². The van der Waals surface area contributed by atoms with Crippen molar-refractivity contribution in [2.45, 2.75) is 13.1 Å². The summed E-state index contributed by atoms with van der Waals surface area (Å²) in [6, 6.07) is 12.8. The van der Waals surface area contributed by atoms with Gasteiger partial charge >= 0.3 is 0 Å². The maximum atomic E-state index is 14.2. The van der Waals surface area contributed by atoms with E-state index in [1.165, 1.54) is 0 Å². The number of hydrogen-bond acceptors (Lipinski definition) is 2. The minimum Gasteiger partial charge on any atom is -0.359 e. The van der Waals surface area contributed by atoms with Gasteiger partial charge < -0.3 is 10.6 Å². The van der Waals surface area contributed by atoms with E-state index in [1.807, 2.05) is 37.3 Å². The van der Waals surface area contributed by atoms with Crippen molar-refractivity contribution in [3.63, 3.8) is 0 Å². The van der Waals surface area contributed by atoms with Crippen LogP contribution >= 0.6 is 28.1 Å². The topological polar surface area (TPSA) is 37.0 Å². The highest BCUT2D eigenvalue weighted by molar-refractivity contribution is 9.10. The number of thiocarbonyl (C=S) groups is 1. The molecule has 2 N–H and O–H groups in total. The Labute approximate surface area is 137 Å². The molecule has 1 aromatic carbocycles. The molecular weight excluding hydrogens is 353 g/mol. The van der Waals surface area contributed by atoms with Crippen LogP contribution in [0.15, 0.2) is 46.9 Å². The third-order valence-electron chi connectivity index (χ3n) is 2.81. The molecule has 110 valence electrons. The second-order valence-corrected chi connectivity index (χ2v) is 5.75. The van der Waals surface area contributed by atoms with E-state index in [-0.39, 0.29) is 6.54 Å². The third kappa shape index (κ3) is 4.75. The van der Waals surface area contributed by atoms with E-state index >= 15 is 0 Å². The summed E-state index contributed by atoms with van der Waals surface area (Å²) in [7, 11) is 0. The normalized spacial score (nSPS) is 11.8. The van der Waals surface area contributed by atoms with Crippen molar-refractivity contribution in [3.8, 4) is 0 Å². The first-order valence-electron chi connectivity index (χ1n) is 6.43. The second kappa shape index (κ2) is 7.47. The number of alkyl halides is 1. The molecular formula is C15H15BrFN3S. The van der Waals surface area contributed by atoms with E-state index < -0.39 is 6.17 Å². The predicted octanol–water partition coefficient (Wildman–Crippen LogP) is 4.15. The van der Waals surface area contributed by atoms with Crippen LogP contribution in [0, 0.1) is 6.92 Å². The fourth-order valence-electron chi connectivity index (χ4n) is 1.79. The van der Waals surface area contributed by atoms with Gasteiger partial charge in [-0.3, -0.25) is 0 Å². The average molecular weight is 368 g/mol. The molecule has 0 fully saturated rings. The van der Waals surface area contributed by atoms with Crippen LogP contribution in [0.5, 0.6) is 0 Å². The van der Waals surface area contributed by atoms with Gasteiger partial charge in [0.15, 0.2) is 5.11 Å². The second-order valence-electron chi connectivity index (χ2n) is 4.49. The molecule has 2 rings (SSSR count). The molecule has 1 aromatic heterocycles. The summed E-state index contributed by atoms with van der Waals surface area (Å²) >= 11 is 8.48. The van der Waals surface area contributed by atoms with Crippen molar-refractivity contribution in [2.24, 2.45) is 0 Å². The smallest absolute Gasteiger partial charge is 0.172 e. The molecule has 0 aliphatic carbocycles. The van der Waals surface area contributed by atoms with Crippen molar-refractivity contribution in [2.75, 3.05) is 11.9 Å². The summed E-state index contributed by atoms with van der Waals surface area (Å²) in [5.74, 6) is 0.642. The maximum Gasteiger partial charge on any atom is 0.172 e. The van der Waals surface area contributed by atoms with Gasteiger partial charge in [0.25, 0.3) is 0 Å². The molecule has 21 heavy (non-hydrogen) atoms. The minimum absolute atomic E-state index is 0.0975. The maximum absolute atomic E-state index is 14.2. The van der Waals surface area contributed by atoms with Gasteiger partial charge in [-0.05, 0) is 37.3 Å². The Hall–Kier alpha value is -1.53. The molecule has 1 heterocycles. The molecule has 1 atom stereocenters. The molecule has 2 aromatic rings. The number of benzene rings is 1. The van der Waals surface area contributed by atoms with Crippen LogP contribution in [-0.2, 0) is 0 Å². The molecule has 6 heteroatoms. The van der Waals surface area contributed by atoms with E-state index in [1.54, 1.807) is 12.1 Å². The lowest BCUT2D eigenvalue weighted by atomic mass is 10.1. The number of nitrogens with zero attached hydrogens (tertiary/aromatic N) is 1. The molecule has 1 unspecified atom stereocenters. The third-order valence-corrected chi connectivity index (χ3v) is 3.78. The Balaban J connectivity index is 1.88. The van der Waals surface area contributed by atoms with Crippen LogP contribution in [0.2, 0.25) is 0 Å². The summed E-state index contributed by atoms with van der Waals surface area (Å²) in [4.78, 5) is 4.27. The molecule has 0 bridgehead atoms. The van der Waals surface area contributed by atoms with Gasteiger partial charge in [0.2, 0.25) is 0 Å². The Bertz CT molecular complexity index is 636. The van der Waals surface area contributed by atoms with E-state index in [0.717, 1.165) is 10.2 Å². The number of nitrogens with one attached hydrogen (secondary N) is 2. The van der Waals surface area contributed by atoms with E-state index in [2.05, 4.69) is 31.5 Å². The quantitative estimate of drug-likeness (QED) is 0.795. The largest absolute Gasteiger partial charge is 0.359 e. The van der Waals surface area contributed by atoms with E-state index in [0.29, 0.717) is 16.5 Å². The Morgan fingerprint density at radius 1 is 1.29 bits per heavy atom. The van der Waals surface area contributed by atoms with Crippen LogP contribution in [0.25, 0.3) is 0 Å². The first-order chi connectivity index (χ1) is 10.1. The van der Waals surface area contributed by atoms with Crippen LogP contribution in [0.3, 0.4) is 0 Å². The fourth-order valence-corrected chi connectivity index (χ4v) is 2.52. The van der Waals surface area contributed by atoms with Gasteiger partial charge in [0, 0.05) is 15.7 Å². The highest BCUT2D eigenvalue weighted by atomic mass is 79.9. The fraction of sp³-hybridized carbons (Fsp3) is 0.200. The van der Waals surface area contributed by atoms with Gasteiger partial charge in [-0.1, -0.05) is 40.2 Å². The number of halogens is 2. The van der Waals surface area contributed by atoms with Crippen LogP contribution in [0.4, 0.5) is 10.2 Å². The summed E-state index contributed by atoms with van der Waals surface area (Å²) in [6.45, 7) is 1.99. The number of aromatic nitrogens is 1. The van der Waals surface area contributed by atoms with Crippen molar-refractivity contribution in [1.82, 2.24) is 10.3 Å². The van der Waals surface area contributed by atoms with Crippen molar-refractivity contribution < 1.29 is 4.39 Å². The van der Waals surface area contributed by atoms with Crippen molar-refractivity contribution in [3.05, 3.63) is 58.2 Å². The number of rotatable bonds is 4. The van der Waals surface area contributed by atoms with Crippen LogP contribution in [0.1, 0.15) is 17.4 Å². The molecule has 0 aliphatic heterocycles. The van der Waals surface area contributed by atoms with Gasteiger partial charge in [0.05, 0.1) is 6.54 Å². The molecule has 0 aliphatic rings. The minimum atomic E-state index is -1.15. The van der Waals surface area contributed by atoms with Gasteiger partial charge in [-0.25, -0.2) is 9.37 Å².